The van der Waals surface area contributed by atoms with Gasteiger partial charge in [-0.1, -0.05) is 29.8 Å². The zero-order chi connectivity index (χ0) is 17.9. The number of nitrogens with one attached hydrogen (secondary N) is 1. The molecular weight excluding hydrogens is 368 g/mol. The summed E-state index contributed by atoms with van der Waals surface area (Å²) < 4.78 is 26.0. The maximum atomic E-state index is 13.0. The van der Waals surface area contributed by atoms with E-state index < -0.39 is 9.84 Å². The Morgan fingerprint density at radius 1 is 1.19 bits per heavy atom. The molecule has 0 amide bonds. The van der Waals surface area contributed by atoms with E-state index in [1.165, 1.54) is 5.56 Å². The van der Waals surface area contributed by atoms with Gasteiger partial charge in [-0.3, -0.25) is 0 Å². The lowest BCUT2D eigenvalue weighted by molar-refractivity contribution is 0.403. The first-order valence-electron chi connectivity index (χ1n) is 9.19. The highest BCUT2D eigenvalue weighted by atomic mass is 35.5. The molecule has 0 aliphatic carbocycles. The SMILES string of the molecule is O=S1(=O)CCCN2c3c(cc(-c4ccccc4Cl)cc31)[C@@H]1CNCC[C@@H]12. The van der Waals surface area contributed by atoms with E-state index in [-0.39, 0.29) is 5.75 Å². The molecule has 0 bridgehead atoms. The summed E-state index contributed by atoms with van der Waals surface area (Å²) in [5.74, 6) is 0.561. The number of rotatable bonds is 1. The molecule has 1 N–H and O–H groups in total. The van der Waals surface area contributed by atoms with Gasteiger partial charge < -0.3 is 10.2 Å². The Labute approximate surface area is 159 Å². The summed E-state index contributed by atoms with van der Waals surface area (Å²) in [5.41, 5.74) is 3.92. The molecule has 0 unspecified atom stereocenters. The average molecular weight is 389 g/mol. The molecule has 2 aromatic carbocycles. The zero-order valence-corrected chi connectivity index (χ0v) is 16.0. The van der Waals surface area contributed by atoms with Crippen LogP contribution in [0.15, 0.2) is 41.3 Å². The standard InChI is InChI=1S/C20H21ClN2O2S/c21-17-5-2-1-4-14(17)13-10-15-16-12-22-7-6-18(16)23-8-3-9-26(24,25)19(11-13)20(15)23/h1-2,4-5,10-11,16,18,22H,3,6-9,12H2/t16-,18-/m0/s1. The van der Waals surface area contributed by atoms with E-state index in [0.717, 1.165) is 42.9 Å². The molecule has 3 aliphatic rings. The molecule has 2 atom stereocenters. The van der Waals surface area contributed by atoms with Crippen molar-refractivity contribution in [1.29, 1.82) is 0 Å². The van der Waals surface area contributed by atoms with Gasteiger partial charge in [-0.15, -0.1) is 0 Å². The molecule has 5 rings (SSSR count). The number of hydrogen-bond donors (Lipinski definition) is 1. The van der Waals surface area contributed by atoms with Crippen LogP contribution in [0.1, 0.15) is 24.3 Å². The van der Waals surface area contributed by atoms with E-state index in [1.807, 2.05) is 30.3 Å². The highest BCUT2D eigenvalue weighted by molar-refractivity contribution is 7.91. The molecule has 2 aromatic rings. The number of sulfone groups is 1. The van der Waals surface area contributed by atoms with Crippen LogP contribution < -0.4 is 10.2 Å². The summed E-state index contributed by atoms with van der Waals surface area (Å²) in [7, 11) is -3.29. The summed E-state index contributed by atoms with van der Waals surface area (Å²) in [6.45, 7) is 2.72. The van der Waals surface area contributed by atoms with Crippen molar-refractivity contribution >= 4 is 27.1 Å². The minimum Gasteiger partial charge on any atom is -0.367 e. The molecule has 6 heteroatoms. The zero-order valence-electron chi connectivity index (χ0n) is 14.4. The fraction of sp³-hybridized carbons (Fsp3) is 0.400. The first-order valence-corrected chi connectivity index (χ1v) is 11.2. The van der Waals surface area contributed by atoms with Crippen LogP contribution in [0.2, 0.25) is 5.02 Å². The number of halogens is 1. The van der Waals surface area contributed by atoms with Gasteiger partial charge in [0.2, 0.25) is 0 Å². The third kappa shape index (κ3) is 2.41. The Balaban J connectivity index is 1.79. The largest absolute Gasteiger partial charge is 0.367 e. The van der Waals surface area contributed by atoms with E-state index in [4.69, 9.17) is 11.6 Å². The van der Waals surface area contributed by atoms with Gasteiger partial charge in [0.1, 0.15) is 0 Å². The lowest BCUT2D eigenvalue weighted by Crippen LogP contribution is -2.44. The number of benzene rings is 2. The van der Waals surface area contributed by atoms with E-state index in [0.29, 0.717) is 28.3 Å². The maximum absolute atomic E-state index is 13.0. The van der Waals surface area contributed by atoms with Crippen molar-refractivity contribution in [2.45, 2.75) is 29.7 Å². The molecule has 4 nitrogen and oxygen atoms in total. The van der Waals surface area contributed by atoms with Crippen molar-refractivity contribution in [2.24, 2.45) is 0 Å². The minimum atomic E-state index is -3.29. The van der Waals surface area contributed by atoms with Gasteiger partial charge in [0.25, 0.3) is 0 Å². The Morgan fingerprint density at radius 3 is 2.88 bits per heavy atom. The van der Waals surface area contributed by atoms with E-state index in [2.05, 4.69) is 16.3 Å². The molecule has 0 spiro atoms. The van der Waals surface area contributed by atoms with Gasteiger partial charge in [0.05, 0.1) is 16.3 Å². The quantitative estimate of drug-likeness (QED) is 0.812. The van der Waals surface area contributed by atoms with Gasteiger partial charge in [-0.2, -0.15) is 0 Å². The van der Waals surface area contributed by atoms with Crippen LogP contribution in [0.3, 0.4) is 0 Å². The van der Waals surface area contributed by atoms with Crippen LogP contribution in [0, 0.1) is 0 Å². The van der Waals surface area contributed by atoms with Gasteiger partial charge in [0.15, 0.2) is 9.84 Å². The van der Waals surface area contributed by atoms with Gasteiger partial charge in [0, 0.05) is 35.6 Å². The molecule has 0 radical (unpaired) electrons. The topological polar surface area (TPSA) is 49.4 Å². The van der Waals surface area contributed by atoms with Crippen LogP contribution in [0.5, 0.6) is 0 Å². The summed E-state index contributed by atoms with van der Waals surface area (Å²) in [6.07, 6.45) is 1.74. The highest BCUT2D eigenvalue weighted by Crippen LogP contribution is 2.50. The van der Waals surface area contributed by atoms with Crippen molar-refractivity contribution in [1.82, 2.24) is 5.32 Å². The third-order valence-electron chi connectivity index (χ3n) is 5.97. The molecule has 1 saturated heterocycles. The number of piperidine rings is 1. The van der Waals surface area contributed by atoms with Crippen LogP contribution in [0.25, 0.3) is 11.1 Å². The molecule has 26 heavy (non-hydrogen) atoms. The molecule has 1 fully saturated rings. The van der Waals surface area contributed by atoms with Crippen molar-refractivity contribution < 1.29 is 8.42 Å². The smallest absolute Gasteiger partial charge is 0.180 e. The Bertz CT molecular complexity index is 989. The normalized spacial score (nSPS) is 26.1. The maximum Gasteiger partial charge on any atom is 0.180 e. The van der Waals surface area contributed by atoms with Crippen LogP contribution >= 0.6 is 11.6 Å². The number of nitrogens with zero attached hydrogens (tertiary/aromatic N) is 1. The highest BCUT2D eigenvalue weighted by Gasteiger charge is 2.44. The van der Waals surface area contributed by atoms with Crippen LogP contribution in [-0.2, 0) is 9.84 Å². The van der Waals surface area contributed by atoms with Crippen molar-refractivity contribution in [2.75, 3.05) is 30.3 Å². The second kappa shape index (κ2) is 5.98. The molecule has 3 aliphatic heterocycles. The Hall–Kier alpha value is -1.56. The van der Waals surface area contributed by atoms with Crippen molar-refractivity contribution in [3.05, 3.63) is 47.0 Å². The third-order valence-corrected chi connectivity index (χ3v) is 8.11. The first-order chi connectivity index (χ1) is 12.6. The number of fused-ring (bicyclic) bond motifs is 3. The summed E-state index contributed by atoms with van der Waals surface area (Å²) in [6, 6.07) is 12.1. The predicted molar refractivity (Wildman–Crippen MR) is 105 cm³/mol. The van der Waals surface area contributed by atoms with E-state index in [1.54, 1.807) is 0 Å². The van der Waals surface area contributed by atoms with Crippen molar-refractivity contribution in [3.8, 4) is 11.1 Å². The molecular formula is C20H21ClN2O2S. The fourth-order valence-electron chi connectivity index (χ4n) is 4.82. The van der Waals surface area contributed by atoms with Crippen LogP contribution in [-0.4, -0.2) is 39.8 Å². The molecule has 136 valence electrons. The number of hydrogen-bond acceptors (Lipinski definition) is 4. The minimum absolute atomic E-state index is 0.220. The summed E-state index contributed by atoms with van der Waals surface area (Å²) in [4.78, 5) is 2.87. The number of anilines is 1. The predicted octanol–water partition coefficient (Wildman–Crippen LogP) is 3.45. The van der Waals surface area contributed by atoms with E-state index in [9.17, 15) is 8.42 Å². The monoisotopic (exact) mass is 388 g/mol. The second-order valence-corrected chi connectivity index (χ2v) is 9.91. The first kappa shape index (κ1) is 16.6. The van der Waals surface area contributed by atoms with Gasteiger partial charge in [-0.05, 0) is 48.7 Å². The molecule has 3 heterocycles. The van der Waals surface area contributed by atoms with Gasteiger partial charge in [-0.25, -0.2) is 8.42 Å². The molecule has 0 saturated carbocycles. The lowest BCUT2D eigenvalue weighted by Gasteiger charge is -2.33. The van der Waals surface area contributed by atoms with Gasteiger partial charge >= 0.3 is 0 Å². The lowest BCUT2D eigenvalue weighted by atomic mass is 9.88. The second-order valence-electron chi connectivity index (χ2n) is 7.42. The fourth-order valence-corrected chi connectivity index (χ4v) is 6.63. The summed E-state index contributed by atoms with van der Waals surface area (Å²) in [5, 5.41) is 4.14. The van der Waals surface area contributed by atoms with E-state index >= 15 is 0 Å². The Kier molecular flexibility index (Phi) is 3.82. The molecule has 0 aromatic heterocycles. The Morgan fingerprint density at radius 2 is 2.04 bits per heavy atom. The van der Waals surface area contributed by atoms with Crippen LogP contribution in [0.4, 0.5) is 5.69 Å². The average Bonchev–Trinajstić information content (AvgIpc) is 2.87. The summed E-state index contributed by atoms with van der Waals surface area (Å²) >= 11 is 6.42. The van der Waals surface area contributed by atoms with Crippen molar-refractivity contribution in [3.63, 3.8) is 0 Å².